The highest BCUT2D eigenvalue weighted by molar-refractivity contribution is 5.40. The van der Waals surface area contributed by atoms with Crippen molar-refractivity contribution in [2.75, 3.05) is 24.5 Å². The lowest BCUT2D eigenvalue weighted by Crippen LogP contribution is -2.43. The Morgan fingerprint density at radius 1 is 1.32 bits per heavy atom. The van der Waals surface area contributed by atoms with Crippen LogP contribution in [0.15, 0.2) is 18.2 Å². The van der Waals surface area contributed by atoms with E-state index < -0.39 is 0 Å². The summed E-state index contributed by atoms with van der Waals surface area (Å²) in [6, 6.07) is 6.33. The van der Waals surface area contributed by atoms with Crippen LogP contribution in [0.25, 0.3) is 0 Å². The van der Waals surface area contributed by atoms with E-state index >= 15 is 0 Å². The summed E-state index contributed by atoms with van der Waals surface area (Å²) < 4.78 is 5.88. The molecule has 1 aromatic rings. The van der Waals surface area contributed by atoms with Gasteiger partial charge in [0.25, 0.3) is 0 Å². The fraction of sp³-hybridized carbons (Fsp3) is 0.667. The standard InChI is InChI=1S/C15H23N3O/c1-2-8-16-9-12-4-3-5-15(17-12)18-10-13-6-7-14(11-18)19-13/h3-5,13-14,16H,2,6-11H2,1H3. The minimum Gasteiger partial charge on any atom is -0.371 e. The highest BCUT2D eigenvalue weighted by Gasteiger charge is 2.34. The van der Waals surface area contributed by atoms with Crippen molar-refractivity contribution < 1.29 is 4.74 Å². The predicted octanol–water partition coefficient (Wildman–Crippen LogP) is 1.95. The SMILES string of the molecule is CCCNCc1cccc(N2CC3CCC(C2)O3)n1. The molecule has 4 nitrogen and oxygen atoms in total. The first-order chi connectivity index (χ1) is 9.35. The third-order valence-electron chi connectivity index (χ3n) is 3.89. The van der Waals surface area contributed by atoms with Crippen molar-refractivity contribution in [2.24, 2.45) is 0 Å². The Labute approximate surface area is 115 Å². The molecular formula is C15H23N3O. The fourth-order valence-corrected chi connectivity index (χ4v) is 2.94. The number of hydrogen-bond donors (Lipinski definition) is 1. The molecule has 1 N–H and O–H groups in total. The third-order valence-corrected chi connectivity index (χ3v) is 3.89. The second-order valence-electron chi connectivity index (χ2n) is 5.53. The number of hydrogen-bond acceptors (Lipinski definition) is 4. The zero-order valence-electron chi connectivity index (χ0n) is 11.6. The molecule has 0 spiro atoms. The second kappa shape index (κ2) is 5.88. The monoisotopic (exact) mass is 261 g/mol. The van der Waals surface area contributed by atoms with Gasteiger partial charge in [-0.05, 0) is 37.9 Å². The van der Waals surface area contributed by atoms with E-state index in [4.69, 9.17) is 9.72 Å². The highest BCUT2D eigenvalue weighted by Crippen LogP contribution is 2.28. The molecule has 0 aliphatic carbocycles. The maximum absolute atomic E-state index is 5.88. The van der Waals surface area contributed by atoms with E-state index in [-0.39, 0.29) is 0 Å². The van der Waals surface area contributed by atoms with E-state index in [0.29, 0.717) is 12.2 Å². The summed E-state index contributed by atoms with van der Waals surface area (Å²) in [7, 11) is 0. The molecule has 0 amide bonds. The molecule has 4 heteroatoms. The molecule has 0 radical (unpaired) electrons. The smallest absolute Gasteiger partial charge is 0.129 e. The number of ether oxygens (including phenoxy) is 1. The van der Waals surface area contributed by atoms with Gasteiger partial charge in [0.2, 0.25) is 0 Å². The van der Waals surface area contributed by atoms with Crippen molar-refractivity contribution in [3.8, 4) is 0 Å². The summed E-state index contributed by atoms with van der Waals surface area (Å²) in [6.07, 6.45) is 4.41. The van der Waals surface area contributed by atoms with E-state index in [1.807, 2.05) is 0 Å². The van der Waals surface area contributed by atoms with Crippen molar-refractivity contribution in [3.63, 3.8) is 0 Å². The van der Waals surface area contributed by atoms with Gasteiger partial charge in [-0.25, -0.2) is 4.98 Å². The first-order valence-corrected chi connectivity index (χ1v) is 7.42. The molecule has 19 heavy (non-hydrogen) atoms. The van der Waals surface area contributed by atoms with Gasteiger partial charge in [0.05, 0.1) is 17.9 Å². The van der Waals surface area contributed by atoms with Crippen LogP contribution in [0.1, 0.15) is 31.9 Å². The van der Waals surface area contributed by atoms with Gasteiger partial charge in [0, 0.05) is 19.6 Å². The Morgan fingerprint density at radius 2 is 2.11 bits per heavy atom. The number of fused-ring (bicyclic) bond motifs is 2. The zero-order chi connectivity index (χ0) is 13.1. The number of pyridine rings is 1. The maximum atomic E-state index is 5.88. The molecule has 2 aliphatic rings. The summed E-state index contributed by atoms with van der Waals surface area (Å²) in [5, 5.41) is 3.41. The predicted molar refractivity (Wildman–Crippen MR) is 76.3 cm³/mol. The largest absolute Gasteiger partial charge is 0.371 e. The minimum atomic E-state index is 0.419. The minimum absolute atomic E-state index is 0.419. The zero-order valence-corrected chi connectivity index (χ0v) is 11.6. The quantitative estimate of drug-likeness (QED) is 0.822. The van der Waals surface area contributed by atoms with E-state index in [0.717, 1.165) is 44.1 Å². The summed E-state index contributed by atoms with van der Waals surface area (Å²) in [5.41, 5.74) is 1.13. The van der Waals surface area contributed by atoms with Gasteiger partial charge in [-0.1, -0.05) is 13.0 Å². The molecule has 2 bridgehead atoms. The van der Waals surface area contributed by atoms with E-state index in [1.54, 1.807) is 0 Å². The number of nitrogens with one attached hydrogen (secondary N) is 1. The van der Waals surface area contributed by atoms with Crippen molar-refractivity contribution >= 4 is 5.82 Å². The van der Waals surface area contributed by atoms with Crippen molar-refractivity contribution in [1.82, 2.24) is 10.3 Å². The lowest BCUT2D eigenvalue weighted by Gasteiger charge is -2.33. The van der Waals surface area contributed by atoms with E-state index in [1.165, 1.54) is 12.8 Å². The summed E-state index contributed by atoms with van der Waals surface area (Å²) in [6.45, 7) is 6.08. The van der Waals surface area contributed by atoms with Crippen LogP contribution in [-0.4, -0.2) is 36.8 Å². The van der Waals surface area contributed by atoms with Gasteiger partial charge in [-0.3, -0.25) is 0 Å². The molecule has 3 rings (SSSR count). The normalized spacial score (nSPS) is 25.8. The van der Waals surface area contributed by atoms with Crippen LogP contribution in [-0.2, 0) is 11.3 Å². The summed E-state index contributed by atoms with van der Waals surface area (Å²) in [5.74, 6) is 1.11. The second-order valence-corrected chi connectivity index (χ2v) is 5.53. The molecule has 3 heterocycles. The lowest BCUT2D eigenvalue weighted by molar-refractivity contribution is 0.0302. The molecule has 2 fully saturated rings. The Kier molecular flexibility index (Phi) is 3.99. The molecule has 0 aromatic carbocycles. The Bertz CT molecular complexity index is 412. The average Bonchev–Trinajstić information content (AvgIpc) is 2.78. The Balaban J connectivity index is 1.65. The van der Waals surface area contributed by atoms with Gasteiger partial charge in [-0.15, -0.1) is 0 Å². The van der Waals surface area contributed by atoms with Crippen molar-refractivity contribution in [1.29, 1.82) is 0 Å². The lowest BCUT2D eigenvalue weighted by atomic mass is 10.2. The van der Waals surface area contributed by atoms with Crippen LogP contribution in [0.5, 0.6) is 0 Å². The van der Waals surface area contributed by atoms with Crippen LogP contribution < -0.4 is 10.2 Å². The third kappa shape index (κ3) is 3.07. The van der Waals surface area contributed by atoms with E-state index in [2.05, 4.69) is 35.3 Å². The molecule has 2 atom stereocenters. The molecule has 0 saturated carbocycles. The number of morpholine rings is 1. The van der Waals surface area contributed by atoms with Gasteiger partial charge < -0.3 is 15.0 Å². The summed E-state index contributed by atoms with van der Waals surface area (Å²) in [4.78, 5) is 7.16. The Morgan fingerprint density at radius 3 is 2.84 bits per heavy atom. The first-order valence-electron chi connectivity index (χ1n) is 7.42. The molecule has 2 aliphatic heterocycles. The van der Waals surface area contributed by atoms with Crippen LogP contribution in [0.2, 0.25) is 0 Å². The van der Waals surface area contributed by atoms with Crippen LogP contribution in [0.3, 0.4) is 0 Å². The van der Waals surface area contributed by atoms with Gasteiger partial charge in [-0.2, -0.15) is 0 Å². The number of nitrogens with zero attached hydrogens (tertiary/aromatic N) is 2. The van der Waals surface area contributed by atoms with Crippen LogP contribution in [0, 0.1) is 0 Å². The first kappa shape index (κ1) is 12.9. The van der Waals surface area contributed by atoms with E-state index in [9.17, 15) is 0 Å². The van der Waals surface area contributed by atoms with Crippen molar-refractivity contribution in [2.45, 2.75) is 44.9 Å². The van der Waals surface area contributed by atoms with Gasteiger partial charge in [0.15, 0.2) is 0 Å². The van der Waals surface area contributed by atoms with Crippen LogP contribution >= 0.6 is 0 Å². The average molecular weight is 261 g/mol. The van der Waals surface area contributed by atoms with Gasteiger partial charge in [0.1, 0.15) is 5.82 Å². The molecule has 1 aromatic heterocycles. The number of aromatic nitrogens is 1. The topological polar surface area (TPSA) is 37.4 Å². The highest BCUT2D eigenvalue weighted by atomic mass is 16.5. The Hall–Kier alpha value is -1.13. The molecule has 2 unspecified atom stereocenters. The van der Waals surface area contributed by atoms with Crippen LogP contribution in [0.4, 0.5) is 5.82 Å². The molecule has 2 saturated heterocycles. The number of anilines is 1. The fourth-order valence-electron chi connectivity index (χ4n) is 2.94. The van der Waals surface area contributed by atoms with Crippen molar-refractivity contribution in [3.05, 3.63) is 23.9 Å². The molecule has 104 valence electrons. The summed E-state index contributed by atoms with van der Waals surface area (Å²) >= 11 is 0. The maximum Gasteiger partial charge on any atom is 0.129 e. The number of rotatable bonds is 5. The van der Waals surface area contributed by atoms with Gasteiger partial charge >= 0.3 is 0 Å². The molecular weight excluding hydrogens is 238 g/mol.